The monoisotopic (exact) mass is 352 g/mol. The van der Waals surface area contributed by atoms with Crippen molar-refractivity contribution in [3.05, 3.63) is 40.1 Å². The molecule has 0 amide bonds. The summed E-state index contributed by atoms with van der Waals surface area (Å²) in [7, 11) is 0. The lowest BCUT2D eigenvalue weighted by atomic mass is 10.1. The first-order chi connectivity index (χ1) is 10.2. The van der Waals surface area contributed by atoms with E-state index < -0.39 is 6.10 Å². The predicted octanol–water partition coefficient (Wildman–Crippen LogP) is 2.91. The van der Waals surface area contributed by atoms with E-state index in [-0.39, 0.29) is 0 Å². The third kappa shape index (κ3) is 2.78. The molecule has 6 heteroatoms. The van der Waals surface area contributed by atoms with Gasteiger partial charge in [0.1, 0.15) is 6.10 Å². The van der Waals surface area contributed by atoms with Gasteiger partial charge in [0.2, 0.25) is 0 Å². The molecule has 1 unspecified atom stereocenters. The molecular formula is C15H17BrN2O3. The lowest BCUT2D eigenvalue weighted by Crippen LogP contribution is -2.09. The second-order valence-corrected chi connectivity index (χ2v) is 5.71. The molecule has 0 aliphatic carbocycles. The Morgan fingerprint density at radius 2 is 2.19 bits per heavy atom. The number of halogens is 1. The van der Waals surface area contributed by atoms with E-state index in [1.54, 1.807) is 10.9 Å². The van der Waals surface area contributed by atoms with Crippen LogP contribution in [0.25, 0.3) is 0 Å². The summed E-state index contributed by atoms with van der Waals surface area (Å²) in [6.45, 7) is 3.96. The first-order valence-electron chi connectivity index (χ1n) is 6.99. The maximum Gasteiger partial charge on any atom is 0.175 e. The Morgan fingerprint density at radius 1 is 1.38 bits per heavy atom. The summed E-state index contributed by atoms with van der Waals surface area (Å²) in [4.78, 5) is 0. The lowest BCUT2D eigenvalue weighted by Gasteiger charge is -2.16. The number of rotatable bonds is 3. The van der Waals surface area contributed by atoms with E-state index >= 15 is 0 Å². The molecule has 2 heterocycles. The molecule has 0 saturated carbocycles. The van der Waals surface area contributed by atoms with Crippen molar-refractivity contribution in [3.8, 4) is 11.5 Å². The van der Waals surface area contributed by atoms with Gasteiger partial charge in [-0.1, -0.05) is 0 Å². The molecule has 0 fully saturated rings. The van der Waals surface area contributed by atoms with Crippen LogP contribution < -0.4 is 9.47 Å². The quantitative estimate of drug-likeness (QED) is 0.922. The van der Waals surface area contributed by atoms with Crippen LogP contribution in [-0.4, -0.2) is 28.1 Å². The molecule has 112 valence electrons. The summed E-state index contributed by atoms with van der Waals surface area (Å²) in [5.41, 5.74) is 1.51. The number of benzene rings is 1. The zero-order valence-electron chi connectivity index (χ0n) is 11.8. The topological polar surface area (TPSA) is 56.5 Å². The van der Waals surface area contributed by atoms with E-state index in [0.717, 1.165) is 22.2 Å². The standard InChI is InChI=1S/C15H17BrN2O3/c1-2-18-12(4-5-17-18)14(19)10-8-11(16)15-13(9-10)20-6-3-7-21-15/h4-5,8-9,14,19H,2-3,6-7H2,1H3. The van der Waals surface area contributed by atoms with Crippen molar-refractivity contribution in [1.29, 1.82) is 0 Å². The molecule has 1 aromatic carbocycles. The largest absolute Gasteiger partial charge is 0.490 e. The summed E-state index contributed by atoms with van der Waals surface area (Å²) in [6, 6.07) is 5.53. The molecule has 1 aromatic heterocycles. The van der Waals surface area contributed by atoms with Crippen molar-refractivity contribution in [1.82, 2.24) is 9.78 Å². The fourth-order valence-electron chi connectivity index (χ4n) is 2.42. The molecule has 0 spiro atoms. The van der Waals surface area contributed by atoms with E-state index in [1.807, 2.05) is 25.1 Å². The Balaban J connectivity index is 1.99. The van der Waals surface area contributed by atoms with E-state index in [2.05, 4.69) is 21.0 Å². The molecule has 0 saturated heterocycles. The summed E-state index contributed by atoms with van der Waals surface area (Å²) in [5.74, 6) is 1.37. The Labute approximate surface area is 131 Å². The molecule has 5 nitrogen and oxygen atoms in total. The number of fused-ring (bicyclic) bond motifs is 1. The maximum atomic E-state index is 10.6. The van der Waals surface area contributed by atoms with Gasteiger partial charge in [0, 0.05) is 19.2 Å². The third-order valence-corrected chi connectivity index (χ3v) is 4.06. The van der Waals surface area contributed by atoms with Crippen molar-refractivity contribution >= 4 is 15.9 Å². The minimum Gasteiger partial charge on any atom is -0.490 e. The SMILES string of the molecule is CCn1nccc1C(O)c1cc(Br)c2c(c1)OCCCO2. The average molecular weight is 353 g/mol. The summed E-state index contributed by atoms with van der Waals surface area (Å²) < 4.78 is 14.0. The van der Waals surface area contributed by atoms with Crippen LogP contribution in [0, 0.1) is 0 Å². The number of hydrogen-bond donors (Lipinski definition) is 1. The summed E-state index contributed by atoms with van der Waals surface area (Å²) in [5, 5.41) is 14.8. The van der Waals surface area contributed by atoms with Crippen LogP contribution in [0.2, 0.25) is 0 Å². The number of hydrogen-bond acceptors (Lipinski definition) is 4. The predicted molar refractivity (Wildman–Crippen MR) is 81.7 cm³/mol. The lowest BCUT2D eigenvalue weighted by molar-refractivity contribution is 0.207. The Hall–Kier alpha value is -1.53. The van der Waals surface area contributed by atoms with Gasteiger partial charge in [0.25, 0.3) is 0 Å². The second-order valence-electron chi connectivity index (χ2n) is 4.85. The van der Waals surface area contributed by atoms with Gasteiger partial charge in [-0.3, -0.25) is 4.68 Å². The summed E-state index contributed by atoms with van der Waals surface area (Å²) >= 11 is 3.50. The van der Waals surface area contributed by atoms with E-state index in [0.29, 0.717) is 31.3 Å². The van der Waals surface area contributed by atoms with Crippen LogP contribution in [0.4, 0.5) is 0 Å². The third-order valence-electron chi connectivity index (χ3n) is 3.47. The molecule has 1 N–H and O–H groups in total. The van der Waals surface area contributed by atoms with Gasteiger partial charge >= 0.3 is 0 Å². The van der Waals surface area contributed by atoms with Gasteiger partial charge in [-0.05, 0) is 46.6 Å². The molecule has 1 aliphatic rings. The fourth-order valence-corrected chi connectivity index (χ4v) is 2.99. The highest BCUT2D eigenvalue weighted by Crippen LogP contribution is 2.40. The van der Waals surface area contributed by atoms with Gasteiger partial charge in [-0.15, -0.1) is 0 Å². The molecule has 3 rings (SSSR count). The van der Waals surface area contributed by atoms with Gasteiger partial charge in [-0.2, -0.15) is 5.10 Å². The number of aliphatic hydroxyl groups excluding tert-OH is 1. The molecule has 2 aromatic rings. The van der Waals surface area contributed by atoms with Crippen LogP contribution in [-0.2, 0) is 6.54 Å². The summed E-state index contributed by atoms with van der Waals surface area (Å²) in [6.07, 6.45) is 1.79. The number of nitrogens with zero attached hydrogens (tertiary/aromatic N) is 2. The Bertz CT molecular complexity index is 642. The van der Waals surface area contributed by atoms with Crippen LogP contribution in [0.5, 0.6) is 11.5 Å². The first kappa shape index (κ1) is 14.4. The Morgan fingerprint density at radius 3 is 3.00 bits per heavy atom. The number of aryl methyl sites for hydroxylation is 1. The van der Waals surface area contributed by atoms with Crippen molar-refractivity contribution in [2.45, 2.75) is 26.0 Å². The van der Waals surface area contributed by atoms with Gasteiger partial charge in [0.15, 0.2) is 11.5 Å². The molecule has 1 aliphatic heterocycles. The number of aliphatic hydroxyl groups is 1. The van der Waals surface area contributed by atoms with Crippen molar-refractivity contribution < 1.29 is 14.6 Å². The highest BCUT2D eigenvalue weighted by molar-refractivity contribution is 9.10. The molecule has 0 radical (unpaired) electrons. The van der Waals surface area contributed by atoms with Crippen LogP contribution >= 0.6 is 15.9 Å². The van der Waals surface area contributed by atoms with Crippen molar-refractivity contribution in [2.24, 2.45) is 0 Å². The number of ether oxygens (including phenoxy) is 2. The fraction of sp³-hybridized carbons (Fsp3) is 0.400. The molecule has 1 atom stereocenters. The van der Waals surface area contributed by atoms with E-state index in [9.17, 15) is 5.11 Å². The zero-order chi connectivity index (χ0) is 14.8. The second kappa shape index (κ2) is 6.07. The average Bonchev–Trinajstić information content (AvgIpc) is 2.83. The normalized spacial score (nSPS) is 15.6. The zero-order valence-corrected chi connectivity index (χ0v) is 13.3. The smallest absolute Gasteiger partial charge is 0.175 e. The highest BCUT2D eigenvalue weighted by Gasteiger charge is 2.21. The van der Waals surface area contributed by atoms with Crippen LogP contribution in [0.15, 0.2) is 28.9 Å². The molecular weight excluding hydrogens is 336 g/mol. The van der Waals surface area contributed by atoms with Gasteiger partial charge in [0.05, 0.1) is 23.4 Å². The maximum absolute atomic E-state index is 10.6. The van der Waals surface area contributed by atoms with Crippen LogP contribution in [0.1, 0.15) is 30.7 Å². The highest BCUT2D eigenvalue weighted by atomic mass is 79.9. The van der Waals surface area contributed by atoms with E-state index in [4.69, 9.17) is 9.47 Å². The first-order valence-corrected chi connectivity index (χ1v) is 7.78. The van der Waals surface area contributed by atoms with E-state index in [1.165, 1.54) is 0 Å². The minimum atomic E-state index is -0.749. The van der Waals surface area contributed by atoms with Gasteiger partial charge in [-0.25, -0.2) is 0 Å². The van der Waals surface area contributed by atoms with Gasteiger partial charge < -0.3 is 14.6 Å². The van der Waals surface area contributed by atoms with Crippen molar-refractivity contribution in [2.75, 3.05) is 13.2 Å². The molecule has 0 bridgehead atoms. The van der Waals surface area contributed by atoms with Crippen molar-refractivity contribution in [3.63, 3.8) is 0 Å². The minimum absolute atomic E-state index is 0.617. The Kier molecular flexibility index (Phi) is 4.17. The number of aromatic nitrogens is 2. The van der Waals surface area contributed by atoms with Crippen LogP contribution in [0.3, 0.4) is 0 Å². The molecule has 21 heavy (non-hydrogen) atoms.